The molecule has 0 aromatic heterocycles. The Morgan fingerprint density at radius 3 is 2.45 bits per heavy atom. The molecule has 1 amide bonds. The highest BCUT2D eigenvalue weighted by Crippen LogP contribution is 2.35. The molecule has 2 N–H and O–H groups in total. The van der Waals surface area contributed by atoms with Gasteiger partial charge in [-0.3, -0.25) is 9.69 Å². The topological polar surface area (TPSA) is 49.6 Å². The summed E-state index contributed by atoms with van der Waals surface area (Å²) in [6.45, 7) is 4.30. The molecule has 1 aliphatic heterocycles. The van der Waals surface area contributed by atoms with E-state index in [2.05, 4.69) is 11.8 Å². The molecule has 0 aromatic rings. The largest absolute Gasteiger partial charge is 0.341 e. The van der Waals surface area contributed by atoms with E-state index in [1.54, 1.807) is 0 Å². The van der Waals surface area contributed by atoms with Crippen molar-refractivity contribution in [2.45, 2.75) is 69.5 Å². The number of amides is 1. The molecular weight excluding hydrogens is 321 g/mol. The number of hydrogen-bond acceptors (Lipinski definition) is 3. The van der Waals surface area contributed by atoms with Gasteiger partial charge in [-0.2, -0.15) is 0 Å². The van der Waals surface area contributed by atoms with E-state index in [1.165, 1.54) is 19.3 Å². The van der Waals surface area contributed by atoms with E-state index in [1.807, 2.05) is 11.9 Å². The van der Waals surface area contributed by atoms with Gasteiger partial charge in [0.15, 0.2) is 0 Å². The summed E-state index contributed by atoms with van der Waals surface area (Å²) >= 11 is 0. The van der Waals surface area contributed by atoms with Crippen molar-refractivity contribution in [3.8, 4) is 0 Å². The third kappa shape index (κ3) is 4.08. The fraction of sp³-hybridized carbons (Fsp3) is 0.938. The molecule has 22 heavy (non-hydrogen) atoms. The van der Waals surface area contributed by atoms with Crippen LogP contribution in [0.25, 0.3) is 0 Å². The number of halogens is 2. The maximum atomic E-state index is 12.8. The number of nitrogens with zero attached hydrogens (tertiary/aromatic N) is 2. The van der Waals surface area contributed by atoms with Gasteiger partial charge in [0, 0.05) is 37.8 Å². The summed E-state index contributed by atoms with van der Waals surface area (Å²) < 4.78 is 0. The Kier molecular flexibility index (Phi) is 7.00. The number of rotatable bonds is 3. The van der Waals surface area contributed by atoms with Crippen molar-refractivity contribution in [3.63, 3.8) is 0 Å². The molecule has 3 aliphatic rings. The zero-order valence-corrected chi connectivity index (χ0v) is 15.4. The summed E-state index contributed by atoms with van der Waals surface area (Å²) in [4.78, 5) is 17.4. The van der Waals surface area contributed by atoms with Gasteiger partial charge < -0.3 is 10.6 Å². The number of carbonyl (C=O) groups is 1. The van der Waals surface area contributed by atoms with Gasteiger partial charge in [-0.1, -0.05) is 12.8 Å². The molecule has 0 spiro atoms. The van der Waals surface area contributed by atoms with Gasteiger partial charge >= 0.3 is 0 Å². The minimum atomic E-state index is -0.307. The van der Waals surface area contributed by atoms with Gasteiger partial charge in [0.25, 0.3) is 0 Å². The van der Waals surface area contributed by atoms with Gasteiger partial charge in [0.2, 0.25) is 5.91 Å². The van der Waals surface area contributed by atoms with Gasteiger partial charge in [0.1, 0.15) is 0 Å². The monoisotopic (exact) mass is 351 g/mol. The van der Waals surface area contributed by atoms with Crippen molar-refractivity contribution in [1.82, 2.24) is 9.80 Å². The average molecular weight is 352 g/mol. The van der Waals surface area contributed by atoms with Crippen molar-refractivity contribution in [1.29, 1.82) is 0 Å². The predicted octanol–water partition coefficient (Wildman–Crippen LogP) is 2.43. The first kappa shape index (κ1) is 20.0. The maximum absolute atomic E-state index is 12.8. The lowest BCUT2D eigenvalue weighted by atomic mass is 9.74. The predicted molar refractivity (Wildman–Crippen MR) is 94.8 cm³/mol. The highest BCUT2D eigenvalue weighted by atomic mass is 35.5. The van der Waals surface area contributed by atoms with Crippen LogP contribution in [-0.4, -0.2) is 53.5 Å². The minimum Gasteiger partial charge on any atom is -0.341 e. The van der Waals surface area contributed by atoms with Crippen LogP contribution < -0.4 is 5.73 Å². The molecule has 2 aliphatic carbocycles. The molecule has 1 saturated heterocycles. The Hall–Kier alpha value is -0.0300. The maximum Gasteiger partial charge on any atom is 0.227 e. The van der Waals surface area contributed by atoms with Crippen LogP contribution in [0.15, 0.2) is 0 Å². The number of hydrogen-bond donors (Lipinski definition) is 1. The van der Waals surface area contributed by atoms with Crippen molar-refractivity contribution in [3.05, 3.63) is 0 Å². The Morgan fingerprint density at radius 1 is 1.18 bits per heavy atom. The second-order valence-electron chi connectivity index (χ2n) is 7.42. The Balaban J connectivity index is 0.00000121. The molecule has 3 atom stereocenters. The molecule has 3 unspecified atom stereocenters. The van der Waals surface area contributed by atoms with Gasteiger partial charge in [-0.25, -0.2) is 0 Å². The van der Waals surface area contributed by atoms with E-state index in [9.17, 15) is 4.79 Å². The van der Waals surface area contributed by atoms with Crippen molar-refractivity contribution in [2.75, 3.05) is 20.1 Å². The third-order valence-electron chi connectivity index (χ3n) is 5.71. The standard InChI is InChI=1S/C16H29N3O.2ClH/c1-16(17)9-4-3-5-14(16)15(20)18(2)13-8-10-19(11-13)12-6-7-12;;/h12-14H,3-11,17H2,1-2H3;2*1H. The molecule has 6 heteroatoms. The van der Waals surface area contributed by atoms with Crippen molar-refractivity contribution >= 4 is 30.7 Å². The quantitative estimate of drug-likeness (QED) is 0.849. The molecule has 0 radical (unpaired) electrons. The molecule has 3 rings (SSSR count). The summed E-state index contributed by atoms with van der Waals surface area (Å²) in [6, 6.07) is 1.22. The molecule has 0 bridgehead atoms. The summed E-state index contributed by atoms with van der Waals surface area (Å²) in [5.74, 6) is 0.313. The zero-order chi connectivity index (χ0) is 14.3. The first-order valence-electron chi connectivity index (χ1n) is 8.28. The summed E-state index contributed by atoms with van der Waals surface area (Å²) in [7, 11) is 1.99. The highest BCUT2D eigenvalue weighted by molar-refractivity contribution is 5.85. The average Bonchev–Trinajstić information content (AvgIpc) is 3.15. The minimum absolute atomic E-state index is 0. The van der Waals surface area contributed by atoms with Crippen LogP contribution in [-0.2, 0) is 4.79 Å². The molecule has 4 nitrogen and oxygen atoms in total. The second-order valence-corrected chi connectivity index (χ2v) is 7.42. The SMILES string of the molecule is CN(C(=O)C1CCCCC1(C)N)C1CCN(C2CC2)C1.Cl.Cl. The second kappa shape index (κ2) is 7.69. The Morgan fingerprint density at radius 2 is 1.86 bits per heavy atom. The van der Waals surface area contributed by atoms with Crippen LogP contribution in [0, 0.1) is 5.92 Å². The molecule has 1 heterocycles. The van der Waals surface area contributed by atoms with Gasteiger partial charge in [0.05, 0.1) is 5.92 Å². The third-order valence-corrected chi connectivity index (χ3v) is 5.71. The fourth-order valence-electron chi connectivity index (χ4n) is 4.05. The molecule has 3 fully saturated rings. The first-order valence-corrected chi connectivity index (χ1v) is 8.28. The van der Waals surface area contributed by atoms with Gasteiger partial charge in [-0.15, -0.1) is 24.8 Å². The van der Waals surface area contributed by atoms with E-state index < -0.39 is 0 Å². The van der Waals surface area contributed by atoms with E-state index in [0.717, 1.165) is 44.8 Å². The van der Waals surface area contributed by atoms with Crippen LogP contribution in [0.4, 0.5) is 0 Å². The lowest BCUT2D eigenvalue weighted by Crippen LogP contribution is -2.55. The Labute approximate surface area is 147 Å². The number of nitrogens with two attached hydrogens (primary N) is 1. The van der Waals surface area contributed by atoms with Crippen molar-refractivity contribution in [2.24, 2.45) is 11.7 Å². The molecule has 2 saturated carbocycles. The van der Waals surface area contributed by atoms with Crippen LogP contribution >= 0.6 is 24.8 Å². The number of likely N-dealkylation sites (N-methyl/N-ethyl adjacent to an activating group) is 1. The number of carbonyl (C=O) groups excluding carboxylic acids is 1. The van der Waals surface area contributed by atoms with Crippen LogP contribution in [0.5, 0.6) is 0 Å². The normalized spacial score (nSPS) is 35.4. The summed E-state index contributed by atoms with van der Waals surface area (Å²) in [5.41, 5.74) is 6.08. The summed E-state index contributed by atoms with van der Waals surface area (Å²) in [6.07, 6.45) is 8.11. The molecular formula is C16H31Cl2N3O. The fourth-order valence-corrected chi connectivity index (χ4v) is 4.05. The lowest BCUT2D eigenvalue weighted by molar-refractivity contribution is -0.139. The van der Waals surface area contributed by atoms with Gasteiger partial charge in [-0.05, 0) is 39.0 Å². The van der Waals surface area contributed by atoms with E-state index in [4.69, 9.17) is 5.73 Å². The number of likely N-dealkylation sites (tertiary alicyclic amines) is 1. The van der Waals surface area contributed by atoms with E-state index in [0.29, 0.717) is 6.04 Å². The molecule has 0 aromatic carbocycles. The van der Waals surface area contributed by atoms with E-state index >= 15 is 0 Å². The van der Waals surface area contributed by atoms with Crippen molar-refractivity contribution < 1.29 is 4.79 Å². The van der Waals surface area contributed by atoms with Crippen LogP contribution in [0.3, 0.4) is 0 Å². The highest BCUT2D eigenvalue weighted by Gasteiger charge is 2.42. The lowest BCUT2D eigenvalue weighted by Gasteiger charge is -2.40. The van der Waals surface area contributed by atoms with E-state index in [-0.39, 0.29) is 42.2 Å². The summed E-state index contributed by atoms with van der Waals surface area (Å²) in [5, 5.41) is 0. The zero-order valence-electron chi connectivity index (χ0n) is 13.8. The molecule has 130 valence electrons. The van der Waals surface area contributed by atoms with Crippen LogP contribution in [0.2, 0.25) is 0 Å². The van der Waals surface area contributed by atoms with Crippen LogP contribution in [0.1, 0.15) is 51.9 Å². The first-order chi connectivity index (χ1) is 9.49. The smallest absolute Gasteiger partial charge is 0.227 e. The Bertz CT molecular complexity index is 388.